The van der Waals surface area contributed by atoms with Crippen LogP contribution in [0.3, 0.4) is 0 Å². The lowest BCUT2D eigenvalue weighted by Crippen LogP contribution is -2.52. The van der Waals surface area contributed by atoms with Gasteiger partial charge in [-0.2, -0.15) is 13.2 Å². The zero-order chi connectivity index (χ0) is 29.7. The molecule has 214 valence electrons. The summed E-state index contributed by atoms with van der Waals surface area (Å²) in [6.45, 7) is -0.927. The summed E-state index contributed by atoms with van der Waals surface area (Å²) in [4.78, 5) is 28.2. The van der Waals surface area contributed by atoms with Gasteiger partial charge in [0.2, 0.25) is 21.8 Å². The third-order valence-electron chi connectivity index (χ3n) is 5.98. The molecule has 13 heteroatoms. The van der Waals surface area contributed by atoms with Crippen LogP contribution in [-0.4, -0.2) is 51.0 Å². The van der Waals surface area contributed by atoms with Gasteiger partial charge in [0, 0.05) is 24.5 Å². The Hall–Kier alpha value is -3.09. The first-order valence-corrected chi connectivity index (χ1v) is 14.9. The van der Waals surface area contributed by atoms with Crippen molar-refractivity contribution in [1.82, 2.24) is 10.2 Å². The molecule has 0 spiro atoms. The Morgan fingerprint density at radius 1 is 1.00 bits per heavy atom. The summed E-state index contributed by atoms with van der Waals surface area (Å²) in [5.74, 6) is -1.29. The molecule has 3 rings (SSSR count). The van der Waals surface area contributed by atoms with Crippen molar-refractivity contribution in [2.75, 3.05) is 24.2 Å². The van der Waals surface area contributed by atoms with Crippen molar-refractivity contribution in [3.8, 4) is 0 Å². The smallest absolute Gasteiger partial charge is 0.357 e. The maximum absolute atomic E-state index is 13.8. The second-order valence-electron chi connectivity index (χ2n) is 8.90. The molecule has 0 aliphatic rings. The Labute approximate surface area is 244 Å². The van der Waals surface area contributed by atoms with Gasteiger partial charge >= 0.3 is 6.18 Å². The number of carbonyl (C=O) groups is 2. The minimum atomic E-state index is -4.85. The Kier molecular flexibility index (Phi) is 10.3. The van der Waals surface area contributed by atoms with Gasteiger partial charge in [-0.15, -0.1) is 0 Å². The van der Waals surface area contributed by atoms with Gasteiger partial charge in [0.25, 0.3) is 0 Å². The van der Waals surface area contributed by atoms with E-state index in [1.165, 1.54) is 11.9 Å². The number of anilines is 1. The Morgan fingerprint density at radius 2 is 1.65 bits per heavy atom. The van der Waals surface area contributed by atoms with Crippen LogP contribution in [0.4, 0.5) is 18.9 Å². The summed E-state index contributed by atoms with van der Waals surface area (Å²) in [7, 11) is -2.83. The summed E-state index contributed by atoms with van der Waals surface area (Å²) < 4.78 is 67.3. The summed E-state index contributed by atoms with van der Waals surface area (Å²) in [6.07, 6.45) is -3.97. The number of hydrogen-bond acceptors (Lipinski definition) is 4. The predicted octanol–water partition coefficient (Wildman–Crippen LogP) is 5.27. The first kappa shape index (κ1) is 31.4. The zero-order valence-electron chi connectivity index (χ0n) is 21.5. The molecule has 0 fully saturated rings. The lowest BCUT2D eigenvalue weighted by atomic mass is 10.0. The molecule has 0 aliphatic heterocycles. The third-order valence-corrected chi connectivity index (χ3v) is 7.95. The van der Waals surface area contributed by atoms with Crippen molar-refractivity contribution in [1.29, 1.82) is 0 Å². The molecular weight excluding hydrogens is 635 g/mol. The standard InChI is InChI=1S/C27H26BrClF3N3O4S/c1-33-26(37)24(14-18-7-4-3-5-8-18)34(16-19-9-6-10-20(28)13-19)25(36)17-35(40(2,38)39)21-11-12-23(29)22(15-21)27(30,31)32/h3-13,15,24H,14,16-17H2,1-2H3,(H,33,37)/t24-/m0/s1. The first-order chi connectivity index (χ1) is 18.7. The number of nitrogens with zero attached hydrogens (tertiary/aromatic N) is 2. The van der Waals surface area contributed by atoms with Gasteiger partial charge in [0.15, 0.2) is 0 Å². The number of carbonyl (C=O) groups excluding carboxylic acids is 2. The minimum absolute atomic E-state index is 0.0742. The predicted molar refractivity (Wildman–Crippen MR) is 151 cm³/mol. The van der Waals surface area contributed by atoms with Crippen molar-refractivity contribution in [2.24, 2.45) is 0 Å². The topological polar surface area (TPSA) is 86.8 Å². The Balaban J connectivity index is 2.07. The van der Waals surface area contributed by atoms with E-state index in [4.69, 9.17) is 11.6 Å². The molecule has 0 unspecified atom stereocenters. The van der Waals surface area contributed by atoms with E-state index in [2.05, 4.69) is 21.2 Å². The van der Waals surface area contributed by atoms with Crippen LogP contribution in [-0.2, 0) is 38.8 Å². The molecule has 1 N–H and O–H groups in total. The highest BCUT2D eigenvalue weighted by atomic mass is 79.9. The van der Waals surface area contributed by atoms with Crippen molar-refractivity contribution < 1.29 is 31.2 Å². The number of halogens is 5. The molecule has 3 aromatic carbocycles. The highest BCUT2D eigenvalue weighted by Gasteiger charge is 2.36. The van der Waals surface area contributed by atoms with Gasteiger partial charge < -0.3 is 10.2 Å². The molecule has 0 heterocycles. The number of rotatable bonds is 10. The molecule has 0 bridgehead atoms. The van der Waals surface area contributed by atoms with Crippen LogP contribution in [0, 0.1) is 0 Å². The summed E-state index contributed by atoms with van der Waals surface area (Å²) in [6, 6.07) is 17.4. The molecule has 1 atom stereocenters. The molecule has 2 amide bonds. The molecule has 3 aromatic rings. The van der Waals surface area contributed by atoms with Crippen LogP contribution in [0.15, 0.2) is 77.3 Å². The van der Waals surface area contributed by atoms with E-state index in [0.29, 0.717) is 15.9 Å². The molecule has 7 nitrogen and oxygen atoms in total. The molecule has 0 aromatic heterocycles. The van der Waals surface area contributed by atoms with Gasteiger partial charge in [-0.3, -0.25) is 13.9 Å². The maximum Gasteiger partial charge on any atom is 0.417 e. The summed E-state index contributed by atoms with van der Waals surface area (Å²) >= 11 is 9.09. The molecule has 0 saturated carbocycles. The van der Waals surface area contributed by atoms with Crippen LogP contribution in [0.5, 0.6) is 0 Å². The van der Waals surface area contributed by atoms with Crippen molar-refractivity contribution in [3.63, 3.8) is 0 Å². The lowest BCUT2D eigenvalue weighted by molar-refractivity contribution is -0.139. The zero-order valence-corrected chi connectivity index (χ0v) is 24.6. The molecule has 0 radical (unpaired) electrons. The molecule has 0 saturated heterocycles. The number of hydrogen-bond donors (Lipinski definition) is 1. The lowest BCUT2D eigenvalue weighted by Gasteiger charge is -2.33. The van der Waals surface area contributed by atoms with Crippen LogP contribution in [0.1, 0.15) is 16.7 Å². The second kappa shape index (κ2) is 13.0. The van der Waals surface area contributed by atoms with Crippen LogP contribution >= 0.6 is 27.5 Å². The fourth-order valence-corrected chi connectivity index (χ4v) is 5.56. The van der Waals surface area contributed by atoms with E-state index in [9.17, 15) is 31.2 Å². The third kappa shape index (κ3) is 8.21. The van der Waals surface area contributed by atoms with Crippen molar-refractivity contribution in [2.45, 2.75) is 25.2 Å². The Bertz CT molecular complexity index is 1470. The van der Waals surface area contributed by atoms with E-state index in [1.54, 1.807) is 54.6 Å². The first-order valence-electron chi connectivity index (χ1n) is 11.8. The minimum Gasteiger partial charge on any atom is -0.357 e. The highest BCUT2D eigenvalue weighted by molar-refractivity contribution is 9.10. The number of nitrogens with one attached hydrogen (secondary N) is 1. The van der Waals surface area contributed by atoms with Gasteiger partial charge in [-0.1, -0.05) is 70.0 Å². The van der Waals surface area contributed by atoms with E-state index in [-0.39, 0.29) is 13.0 Å². The molecule has 40 heavy (non-hydrogen) atoms. The van der Waals surface area contributed by atoms with E-state index in [0.717, 1.165) is 28.4 Å². The monoisotopic (exact) mass is 659 g/mol. The summed E-state index contributed by atoms with van der Waals surface area (Å²) in [5, 5.41) is 1.93. The van der Waals surface area contributed by atoms with Crippen molar-refractivity contribution >= 4 is 55.1 Å². The van der Waals surface area contributed by atoms with Gasteiger partial charge in [0.05, 0.1) is 22.5 Å². The van der Waals surface area contributed by atoms with Crippen LogP contribution in [0.25, 0.3) is 0 Å². The summed E-state index contributed by atoms with van der Waals surface area (Å²) in [5.41, 5.74) is -0.252. The average molecular weight is 661 g/mol. The van der Waals surface area contributed by atoms with E-state index < -0.39 is 56.9 Å². The van der Waals surface area contributed by atoms with Crippen LogP contribution < -0.4 is 9.62 Å². The SMILES string of the molecule is CNC(=O)[C@H](Cc1ccccc1)N(Cc1cccc(Br)c1)C(=O)CN(c1ccc(Cl)c(C(F)(F)F)c1)S(C)(=O)=O. The van der Waals surface area contributed by atoms with E-state index in [1.807, 2.05) is 0 Å². The van der Waals surface area contributed by atoms with Gasteiger partial charge in [-0.25, -0.2) is 8.42 Å². The highest BCUT2D eigenvalue weighted by Crippen LogP contribution is 2.37. The fourth-order valence-electron chi connectivity index (χ4n) is 4.05. The normalized spacial score (nSPS) is 12.5. The second-order valence-corrected chi connectivity index (χ2v) is 12.1. The maximum atomic E-state index is 13.8. The van der Waals surface area contributed by atoms with Gasteiger partial charge in [0.1, 0.15) is 12.6 Å². The molecule has 0 aliphatic carbocycles. The Morgan fingerprint density at radius 3 is 2.23 bits per heavy atom. The number of amides is 2. The average Bonchev–Trinajstić information content (AvgIpc) is 2.88. The quantitative estimate of drug-likeness (QED) is 0.321. The van der Waals surface area contributed by atoms with E-state index >= 15 is 0 Å². The van der Waals surface area contributed by atoms with Crippen molar-refractivity contribution in [3.05, 3.63) is 99.0 Å². The number of likely N-dealkylation sites (N-methyl/N-ethyl adjacent to an activating group) is 1. The van der Waals surface area contributed by atoms with Gasteiger partial charge in [-0.05, 0) is 41.5 Å². The number of benzene rings is 3. The number of alkyl halides is 3. The largest absolute Gasteiger partial charge is 0.417 e. The number of sulfonamides is 1. The fraction of sp³-hybridized carbons (Fsp3) is 0.259. The van der Waals surface area contributed by atoms with Crippen LogP contribution in [0.2, 0.25) is 5.02 Å². The molecular formula is C27H26BrClF3N3O4S.